The molecular formula is C17H21N3O. The summed E-state index contributed by atoms with van der Waals surface area (Å²) in [6, 6.07) is 6.44. The van der Waals surface area contributed by atoms with Gasteiger partial charge in [0.1, 0.15) is 0 Å². The van der Waals surface area contributed by atoms with Crippen molar-refractivity contribution in [2.45, 2.75) is 25.4 Å². The van der Waals surface area contributed by atoms with Crippen molar-refractivity contribution in [3.63, 3.8) is 0 Å². The molecule has 2 aromatic rings. The molecule has 2 aliphatic rings. The van der Waals surface area contributed by atoms with E-state index in [1.807, 2.05) is 6.20 Å². The van der Waals surface area contributed by atoms with Crippen LogP contribution in [0.15, 0.2) is 24.4 Å². The molecule has 110 valence electrons. The maximum Gasteiger partial charge on any atom is 0.0936 e. The van der Waals surface area contributed by atoms with E-state index in [0.29, 0.717) is 5.92 Å². The van der Waals surface area contributed by atoms with Gasteiger partial charge in [-0.05, 0) is 55.1 Å². The van der Waals surface area contributed by atoms with Crippen molar-refractivity contribution in [2.24, 2.45) is 0 Å². The van der Waals surface area contributed by atoms with E-state index in [1.54, 1.807) is 0 Å². The zero-order valence-electron chi connectivity index (χ0n) is 12.4. The molecule has 0 unspecified atom stereocenters. The SMILES string of the molecule is CN1CCN(c2cc(CO)cc3cc(C4CC4)cnc23)C1. The van der Waals surface area contributed by atoms with Gasteiger partial charge >= 0.3 is 0 Å². The molecule has 21 heavy (non-hydrogen) atoms. The highest BCUT2D eigenvalue weighted by Gasteiger charge is 2.25. The van der Waals surface area contributed by atoms with Crippen molar-refractivity contribution in [1.82, 2.24) is 9.88 Å². The van der Waals surface area contributed by atoms with Crippen molar-refractivity contribution >= 4 is 16.6 Å². The van der Waals surface area contributed by atoms with E-state index >= 15 is 0 Å². The van der Waals surface area contributed by atoms with E-state index in [-0.39, 0.29) is 6.61 Å². The number of hydrogen-bond acceptors (Lipinski definition) is 4. The quantitative estimate of drug-likeness (QED) is 0.938. The molecule has 1 aromatic carbocycles. The van der Waals surface area contributed by atoms with Gasteiger partial charge in [0.05, 0.1) is 24.5 Å². The summed E-state index contributed by atoms with van der Waals surface area (Å²) < 4.78 is 0. The first-order valence-corrected chi connectivity index (χ1v) is 7.71. The summed E-state index contributed by atoms with van der Waals surface area (Å²) in [5.41, 5.74) is 4.54. The fourth-order valence-corrected chi connectivity index (χ4v) is 3.20. The average molecular weight is 283 g/mol. The summed E-state index contributed by atoms with van der Waals surface area (Å²) in [6.45, 7) is 3.11. The van der Waals surface area contributed by atoms with Crippen molar-refractivity contribution in [1.29, 1.82) is 0 Å². The lowest BCUT2D eigenvalue weighted by atomic mass is 10.1. The largest absolute Gasteiger partial charge is 0.392 e. The van der Waals surface area contributed by atoms with Gasteiger partial charge in [-0.25, -0.2) is 0 Å². The van der Waals surface area contributed by atoms with Gasteiger partial charge < -0.3 is 10.0 Å². The molecule has 1 aliphatic carbocycles. The molecule has 0 atom stereocenters. The van der Waals surface area contributed by atoms with E-state index in [4.69, 9.17) is 4.98 Å². The number of fused-ring (bicyclic) bond motifs is 1. The third kappa shape index (κ3) is 2.39. The molecule has 0 radical (unpaired) electrons. The van der Waals surface area contributed by atoms with Crippen LogP contribution in [0.2, 0.25) is 0 Å². The Hall–Kier alpha value is -1.65. The number of pyridine rings is 1. The van der Waals surface area contributed by atoms with Crippen LogP contribution in [0, 0.1) is 0 Å². The number of rotatable bonds is 3. The van der Waals surface area contributed by atoms with E-state index in [9.17, 15) is 5.11 Å². The third-order valence-corrected chi connectivity index (χ3v) is 4.58. The van der Waals surface area contributed by atoms with Crippen LogP contribution in [0.3, 0.4) is 0 Å². The molecule has 1 aromatic heterocycles. The Morgan fingerprint density at radius 1 is 1.24 bits per heavy atom. The molecule has 0 spiro atoms. The predicted molar refractivity (Wildman–Crippen MR) is 84.5 cm³/mol. The zero-order chi connectivity index (χ0) is 14.4. The van der Waals surface area contributed by atoms with E-state index in [0.717, 1.165) is 41.9 Å². The predicted octanol–water partition coefficient (Wildman–Crippen LogP) is 2.31. The molecular weight excluding hydrogens is 262 g/mol. The lowest BCUT2D eigenvalue weighted by Gasteiger charge is -2.21. The Bertz CT molecular complexity index is 681. The second-order valence-corrected chi connectivity index (χ2v) is 6.37. The average Bonchev–Trinajstić information content (AvgIpc) is 3.27. The molecule has 1 aliphatic heterocycles. The normalized spacial score (nSPS) is 19.6. The lowest BCUT2D eigenvalue weighted by Crippen LogP contribution is -2.23. The topological polar surface area (TPSA) is 39.6 Å². The molecule has 1 saturated carbocycles. The summed E-state index contributed by atoms with van der Waals surface area (Å²) in [7, 11) is 2.14. The first-order valence-electron chi connectivity index (χ1n) is 7.71. The maximum absolute atomic E-state index is 9.56. The standard InChI is InChI=1S/C17H21N3O/c1-19-4-5-20(11-19)16-7-12(10-21)6-14-8-15(13-2-3-13)9-18-17(14)16/h6-9,13,21H,2-5,10-11H2,1H3. The Balaban J connectivity index is 1.83. The van der Waals surface area contributed by atoms with Crippen LogP contribution < -0.4 is 4.90 Å². The molecule has 2 fully saturated rings. The third-order valence-electron chi connectivity index (χ3n) is 4.58. The van der Waals surface area contributed by atoms with Gasteiger partial charge in [0.2, 0.25) is 0 Å². The summed E-state index contributed by atoms with van der Waals surface area (Å²) in [5, 5.41) is 10.7. The van der Waals surface area contributed by atoms with Crippen molar-refractivity contribution < 1.29 is 5.11 Å². The maximum atomic E-state index is 9.56. The minimum atomic E-state index is 0.0836. The number of anilines is 1. The van der Waals surface area contributed by atoms with Gasteiger partial charge in [0.25, 0.3) is 0 Å². The van der Waals surface area contributed by atoms with Gasteiger partial charge in [0, 0.05) is 24.7 Å². The highest BCUT2D eigenvalue weighted by atomic mass is 16.3. The number of hydrogen-bond donors (Lipinski definition) is 1. The molecule has 0 amide bonds. The first kappa shape index (κ1) is 13.0. The number of aliphatic hydroxyl groups is 1. The lowest BCUT2D eigenvalue weighted by molar-refractivity contribution is 0.282. The van der Waals surface area contributed by atoms with Crippen LogP contribution in [-0.2, 0) is 6.61 Å². The highest BCUT2D eigenvalue weighted by molar-refractivity contribution is 5.92. The van der Waals surface area contributed by atoms with Crippen molar-refractivity contribution in [3.05, 3.63) is 35.5 Å². The Labute approximate surface area is 125 Å². The zero-order valence-corrected chi connectivity index (χ0v) is 12.4. The summed E-state index contributed by atoms with van der Waals surface area (Å²) in [5.74, 6) is 0.709. The number of likely N-dealkylation sites (N-methyl/N-ethyl adjacent to an activating group) is 1. The summed E-state index contributed by atoms with van der Waals surface area (Å²) in [6.07, 6.45) is 4.62. The van der Waals surface area contributed by atoms with E-state index in [1.165, 1.54) is 18.4 Å². The number of aliphatic hydroxyl groups excluding tert-OH is 1. The fourth-order valence-electron chi connectivity index (χ4n) is 3.20. The van der Waals surface area contributed by atoms with Crippen molar-refractivity contribution in [3.8, 4) is 0 Å². The number of aromatic nitrogens is 1. The van der Waals surface area contributed by atoms with Gasteiger partial charge in [0.15, 0.2) is 0 Å². The molecule has 4 heteroatoms. The van der Waals surface area contributed by atoms with Crippen LogP contribution in [0.25, 0.3) is 10.9 Å². The molecule has 0 bridgehead atoms. The highest BCUT2D eigenvalue weighted by Crippen LogP contribution is 2.41. The Morgan fingerprint density at radius 2 is 2.10 bits per heavy atom. The fraction of sp³-hybridized carbons (Fsp3) is 0.471. The molecule has 2 heterocycles. The van der Waals surface area contributed by atoms with Crippen LogP contribution in [0.1, 0.15) is 29.9 Å². The molecule has 1 saturated heterocycles. The minimum absolute atomic E-state index is 0.0836. The second-order valence-electron chi connectivity index (χ2n) is 6.37. The van der Waals surface area contributed by atoms with E-state index < -0.39 is 0 Å². The molecule has 1 N–H and O–H groups in total. The first-order chi connectivity index (χ1) is 10.2. The number of nitrogens with zero attached hydrogens (tertiary/aromatic N) is 3. The van der Waals surface area contributed by atoms with Gasteiger partial charge in [-0.3, -0.25) is 9.88 Å². The van der Waals surface area contributed by atoms with Crippen LogP contribution >= 0.6 is 0 Å². The van der Waals surface area contributed by atoms with Crippen LogP contribution in [-0.4, -0.2) is 41.8 Å². The van der Waals surface area contributed by atoms with Gasteiger partial charge in [-0.2, -0.15) is 0 Å². The van der Waals surface area contributed by atoms with Crippen LogP contribution in [0.4, 0.5) is 5.69 Å². The second kappa shape index (κ2) is 4.97. The minimum Gasteiger partial charge on any atom is -0.392 e. The smallest absolute Gasteiger partial charge is 0.0936 e. The van der Waals surface area contributed by atoms with Crippen molar-refractivity contribution in [2.75, 3.05) is 31.7 Å². The van der Waals surface area contributed by atoms with Crippen LogP contribution in [0.5, 0.6) is 0 Å². The van der Waals surface area contributed by atoms with E-state index in [2.05, 4.69) is 35.0 Å². The number of benzene rings is 1. The summed E-state index contributed by atoms with van der Waals surface area (Å²) in [4.78, 5) is 9.40. The monoisotopic (exact) mass is 283 g/mol. The Kier molecular flexibility index (Phi) is 3.08. The summed E-state index contributed by atoms with van der Waals surface area (Å²) >= 11 is 0. The Morgan fingerprint density at radius 3 is 2.76 bits per heavy atom. The van der Waals surface area contributed by atoms with Gasteiger partial charge in [-0.15, -0.1) is 0 Å². The molecule has 4 nitrogen and oxygen atoms in total. The molecule has 4 rings (SSSR count). The van der Waals surface area contributed by atoms with Gasteiger partial charge in [-0.1, -0.05) is 0 Å².